The highest BCUT2D eigenvalue weighted by Gasteiger charge is 2.11. The van der Waals surface area contributed by atoms with Crippen molar-refractivity contribution >= 4 is 29.2 Å². The Morgan fingerprint density at radius 1 is 1.09 bits per heavy atom. The van der Waals surface area contributed by atoms with Gasteiger partial charge in [-0.05, 0) is 42.3 Å². The van der Waals surface area contributed by atoms with Crippen LogP contribution >= 0.6 is 11.6 Å². The summed E-state index contributed by atoms with van der Waals surface area (Å²) in [6.45, 7) is 4.32. The van der Waals surface area contributed by atoms with E-state index < -0.39 is 0 Å². The van der Waals surface area contributed by atoms with Gasteiger partial charge in [0.25, 0.3) is 5.91 Å². The van der Waals surface area contributed by atoms with Crippen LogP contribution in [0.2, 0.25) is 5.02 Å². The second kappa shape index (κ2) is 7.79. The van der Waals surface area contributed by atoms with E-state index >= 15 is 0 Å². The molecule has 0 saturated carbocycles. The average Bonchev–Trinajstić information content (AvgIpc) is 2.53. The van der Waals surface area contributed by atoms with Gasteiger partial charge in [-0.3, -0.25) is 4.79 Å². The molecular formula is C18H18ClNO3. The Balaban J connectivity index is 2.01. The van der Waals surface area contributed by atoms with Crippen molar-refractivity contribution in [1.82, 2.24) is 0 Å². The van der Waals surface area contributed by atoms with Crippen LogP contribution in [0.5, 0.6) is 0 Å². The van der Waals surface area contributed by atoms with E-state index in [1.54, 1.807) is 48.5 Å². The van der Waals surface area contributed by atoms with Gasteiger partial charge >= 0.3 is 5.97 Å². The molecule has 0 radical (unpaired) electrons. The van der Waals surface area contributed by atoms with Crippen molar-refractivity contribution in [2.45, 2.75) is 13.8 Å². The molecule has 0 saturated heterocycles. The molecule has 0 aliphatic heterocycles. The number of carbonyl (C=O) groups is 2. The first-order valence-corrected chi connectivity index (χ1v) is 7.68. The highest BCUT2D eigenvalue weighted by Crippen LogP contribution is 2.17. The van der Waals surface area contributed by atoms with E-state index in [-0.39, 0.29) is 17.8 Å². The number of ether oxygens (including phenoxy) is 1. The van der Waals surface area contributed by atoms with Crippen LogP contribution in [-0.4, -0.2) is 18.5 Å². The minimum absolute atomic E-state index is 0.285. The van der Waals surface area contributed by atoms with Gasteiger partial charge in [-0.1, -0.05) is 37.6 Å². The first-order chi connectivity index (χ1) is 11.0. The summed E-state index contributed by atoms with van der Waals surface area (Å²) < 4.78 is 5.15. The molecule has 0 atom stereocenters. The molecule has 0 aliphatic rings. The van der Waals surface area contributed by atoms with Gasteiger partial charge in [0.2, 0.25) is 0 Å². The second-order valence-corrected chi connectivity index (χ2v) is 5.91. The molecule has 5 heteroatoms. The number of amides is 1. The van der Waals surface area contributed by atoms with Gasteiger partial charge in [0.1, 0.15) is 0 Å². The molecule has 0 bridgehead atoms. The first-order valence-electron chi connectivity index (χ1n) is 7.30. The third-order valence-electron chi connectivity index (χ3n) is 3.04. The topological polar surface area (TPSA) is 55.4 Å². The fourth-order valence-corrected chi connectivity index (χ4v) is 2.08. The maximum atomic E-state index is 12.1. The minimum Gasteiger partial charge on any atom is -0.462 e. The van der Waals surface area contributed by atoms with Crippen LogP contribution in [0.25, 0.3) is 0 Å². The third-order valence-corrected chi connectivity index (χ3v) is 3.37. The number of esters is 1. The Hall–Kier alpha value is -2.33. The molecule has 0 heterocycles. The average molecular weight is 332 g/mol. The van der Waals surface area contributed by atoms with Gasteiger partial charge in [0, 0.05) is 5.69 Å². The first kappa shape index (κ1) is 17.0. The highest BCUT2D eigenvalue weighted by molar-refractivity contribution is 6.34. The van der Waals surface area contributed by atoms with Crippen molar-refractivity contribution < 1.29 is 14.3 Å². The zero-order valence-corrected chi connectivity index (χ0v) is 13.8. The molecule has 1 amide bonds. The summed E-state index contributed by atoms with van der Waals surface area (Å²) in [5.74, 6) is -0.387. The zero-order chi connectivity index (χ0) is 16.8. The molecular weight excluding hydrogens is 314 g/mol. The van der Waals surface area contributed by atoms with Crippen LogP contribution in [-0.2, 0) is 4.74 Å². The number of hydrogen-bond acceptors (Lipinski definition) is 3. The smallest absolute Gasteiger partial charge is 0.338 e. The SMILES string of the molecule is CC(C)COC(=O)c1ccc(NC(=O)c2ccccc2Cl)cc1. The number of carbonyl (C=O) groups excluding carboxylic acids is 2. The normalized spacial score (nSPS) is 10.4. The summed E-state index contributed by atoms with van der Waals surface area (Å²) in [6, 6.07) is 13.3. The molecule has 0 aromatic heterocycles. The fourth-order valence-electron chi connectivity index (χ4n) is 1.86. The number of benzene rings is 2. The molecule has 2 rings (SSSR count). The van der Waals surface area contributed by atoms with Crippen LogP contribution in [0.15, 0.2) is 48.5 Å². The predicted octanol–water partition coefficient (Wildman–Crippen LogP) is 4.41. The Morgan fingerprint density at radius 3 is 2.35 bits per heavy atom. The molecule has 120 valence electrons. The van der Waals surface area contributed by atoms with Gasteiger partial charge in [-0.25, -0.2) is 4.79 Å². The van der Waals surface area contributed by atoms with E-state index in [4.69, 9.17) is 16.3 Å². The molecule has 2 aromatic carbocycles. The summed E-state index contributed by atoms with van der Waals surface area (Å²) >= 11 is 5.99. The number of halogens is 1. The number of rotatable bonds is 5. The van der Waals surface area contributed by atoms with Gasteiger partial charge in [0.05, 0.1) is 22.8 Å². The maximum Gasteiger partial charge on any atom is 0.338 e. The van der Waals surface area contributed by atoms with E-state index in [9.17, 15) is 9.59 Å². The van der Waals surface area contributed by atoms with Crippen LogP contribution in [0.3, 0.4) is 0 Å². The minimum atomic E-state index is -0.373. The lowest BCUT2D eigenvalue weighted by atomic mass is 10.2. The zero-order valence-electron chi connectivity index (χ0n) is 13.0. The summed E-state index contributed by atoms with van der Waals surface area (Å²) in [7, 11) is 0. The third kappa shape index (κ3) is 4.83. The van der Waals surface area contributed by atoms with Crippen LogP contribution in [0, 0.1) is 5.92 Å². The largest absolute Gasteiger partial charge is 0.462 e. The second-order valence-electron chi connectivity index (χ2n) is 5.50. The molecule has 4 nitrogen and oxygen atoms in total. The van der Waals surface area contributed by atoms with E-state index in [0.717, 1.165) is 0 Å². The van der Waals surface area contributed by atoms with Crippen LogP contribution in [0.4, 0.5) is 5.69 Å². The Morgan fingerprint density at radius 2 is 1.74 bits per heavy atom. The summed E-state index contributed by atoms with van der Waals surface area (Å²) in [5.41, 5.74) is 1.42. The quantitative estimate of drug-likeness (QED) is 0.826. The molecule has 0 aliphatic carbocycles. The highest BCUT2D eigenvalue weighted by atomic mass is 35.5. The summed E-state index contributed by atoms with van der Waals surface area (Å²) in [6.07, 6.45) is 0. The van der Waals surface area contributed by atoms with Crippen molar-refractivity contribution in [3.8, 4) is 0 Å². The van der Waals surface area contributed by atoms with Crippen molar-refractivity contribution in [2.75, 3.05) is 11.9 Å². The van der Waals surface area contributed by atoms with Crippen molar-refractivity contribution in [3.05, 3.63) is 64.7 Å². The number of nitrogens with one attached hydrogen (secondary N) is 1. The number of anilines is 1. The van der Waals surface area contributed by atoms with Crippen molar-refractivity contribution in [3.63, 3.8) is 0 Å². The van der Waals surface area contributed by atoms with E-state index in [1.165, 1.54) is 0 Å². The Kier molecular flexibility index (Phi) is 5.77. The monoisotopic (exact) mass is 331 g/mol. The molecule has 2 aromatic rings. The Labute approximate surface area is 140 Å². The lowest BCUT2D eigenvalue weighted by molar-refractivity contribution is 0.0459. The molecule has 0 spiro atoms. The van der Waals surface area contributed by atoms with Crippen LogP contribution < -0.4 is 5.32 Å². The summed E-state index contributed by atoms with van der Waals surface area (Å²) in [4.78, 5) is 24.0. The molecule has 0 unspecified atom stereocenters. The van der Waals surface area contributed by atoms with Crippen molar-refractivity contribution in [2.24, 2.45) is 5.92 Å². The standard InChI is InChI=1S/C18H18ClNO3/c1-12(2)11-23-18(22)13-7-9-14(10-8-13)20-17(21)15-5-3-4-6-16(15)19/h3-10,12H,11H2,1-2H3,(H,20,21). The summed E-state index contributed by atoms with van der Waals surface area (Å²) in [5, 5.41) is 3.13. The molecule has 0 fully saturated rings. The maximum absolute atomic E-state index is 12.1. The predicted molar refractivity (Wildman–Crippen MR) is 91.0 cm³/mol. The lowest BCUT2D eigenvalue weighted by Crippen LogP contribution is -2.13. The van der Waals surface area contributed by atoms with Gasteiger partial charge < -0.3 is 10.1 Å². The van der Waals surface area contributed by atoms with Gasteiger partial charge in [-0.2, -0.15) is 0 Å². The molecule has 1 N–H and O–H groups in total. The number of hydrogen-bond donors (Lipinski definition) is 1. The van der Waals surface area contributed by atoms with E-state index in [0.29, 0.717) is 28.4 Å². The van der Waals surface area contributed by atoms with E-state index in [2.05, 4.69) is 5.32 Å². The van der Waals surface area contributed by atoms with Gasteiger partial charge in [0.15, 0.2) is 0 Å². The van der Waals surface area contributed by atoms with E-state index in [1.807, 2.05) is 13.8 Å². The molecule has 23 heavy (non-hydrogen) atoms. The van der Waals surface area contributed by atoms with Gasteiger partial charge in [-0.15, -0.1) is 0 Å². The Bertz CT molecular complexity index is 696. The van der Waals surface area contributed by atoms with Crippen molar-refractivity contribution in [1.29, 1.82) is 0 Å². The fraction of sp³-hybridized carbons (Fsp3) is 0.222. The van der Waals surface area contributed by atoms with Crippen LogP contribution in [0.1, 0.15) is 34.6 Å². The lowest BCUT2D eigenvalue weighted by Gasteiger charge is -2.09.